The van der Waals surface area contributed by atoms with E-state index in [1.54, 1.807) is 12.0 Å². The van der Waals surface area contributed by atoms with E-state index in [2.05, 4.69) is 16.0 Å². The smallest absolute Gasteiger partial charge is 0.254 e. The van der Waals surface area contributed by atoms with Gasteiger partial charge in [0, 0.05) is 31.6 Å². The molecule has 0 aromatic carbocycles. The van der Waals surface area contributed by atoms with Crippen molar-refractivity contribution in [3.05, 3.63) is 16.0 Å². The van der Waals surface area contributed by atoms with Crippen molar-refractivity contribution < 1.29 is 19.1 Å². The summed E-state index contributed by atoms with van der Waals surface area (Å²) in [5.74, 6) is -0.438. The Labute approximate surface area is 162 Å². The van der Waals surface area contributed by atoms with Crippen molar-refractivity contribution >= 4 is 34.1 Å². The third-order valence-electron chi connectivity index (χ3n) is 4.73. The lowest BCUT2D eigenvalue weighted by Crippen LogP contribution is -2.49. The van der Waals surface area contributed by atoms with Gasteiger partial charge in [-0.25, -0.2) is 0 Å². The molecule has 0 atom stereocenters. The van der Waals surface area contributed by atoms with E-state index in [4.69, 9.17) is 4.74 Å². The van der Waals surface area contributed by atoms with E-state index in [1.165, 1.54) is 16.2 Å². The fraction of sp³-hybridized carbons (Fsp3) is 0.611. The van der Waals surface area contributed by atoms with Crippen LogP contribution < -0.4 is 16.0 Å². The molecule has 2 aliphatic rings. The molecule has 1 aromatic heterocycles. The number of rotatable bonds is 7. The van der Waals surface area contributed by atoms with Crippen molar-refractivity contribution in [1.82, 2.24) is 15.5 Å². The van der Waals surface area contributed by atoms with Gasteiger partial charge in [0.25, 0.3) is 5.91 Å². The van der Waals surface area contributed by atoms with E-state index in [0.717, 1.165) is 31.2 Å². The van der Waals surface area contributed by atoms with E-state index >= 15 is 0 Å². The van der Waals surface area contributed by atoms with Gasteiger partial charge in [0.1, 0.15) is 5.00 Å². The van der Waals surface area contributed by atoms with Crippen LogP contribution >= 0.6 is 11.3 Å². The number of hydrogen-bond acceptors (Lipinski definition) is 6. The minimum Gasteiger partial charge on any atom is -0.383 e. The van der Waals surface area contributed by atoms with Crippen LogP contribution in [-0.4, -0.2) is 69.1 Å². The number of piperazine rings is 1. The zero-order valence-corrected chi connectivity index (χ0v) is 16.4. The molecule has 2 heterocycles. The lowest BCUT2D eigenvalue weighted by molar-refractivity contribution is -0.125. The second kappa shape index (κ2) is 9.29. The monoisotopic (exact) mass is 394 g/mol. The fourth-order valence-electron chi connectivity index (χ4n) is 3.44. The molecule has 9 heteroatoms. The molecule has 148 valence electrons. The van der Waals surface area contributed by atoms with Gasteiger partial charge in [-0.05, 0) is 31.2 Å². The van der Waals surface area contributed by atoms with Crippen LogP contribution in [0.3, 0.4) is 0 Å². The Morgan fingerprint density at radius 2 is 2.11 bits per heavy atom. The topological polar surface area (TPSA) is 99.8 Å². The van der Waals surface area contributed by atoms with Crippen LogP contribution in [0.2, 0.25) is 0 Å². The summed E-state index contributed by atoms with van der Waals surface area (Å²) < 4.78 is 4.99. The summed E-state index contributed by atoms with van der Waals surface area (Å²) in [5, 5.41) is 9.14. The summed E-state index contributed by atoms with van der Waals surface area (Å²) in [6.45, 7) is 2.42. The first-order chi connectivity index (χ1) is 13.1. The highest BCUT2D eigenvalue weighted by molar-refractivity contribution is 7.17. The third-order valence-corrected chi connectivity index (χ3v) is 5.93. The largest absolute Gasteiger partial charge is 0.383 e. The Morgan fingerprint density at radius 3 is 2.89 bits per heavy atom. The molecular formula is C18H26N4O4S. The highest BCUT2D eigenvalue weighted by Crippen LogP contribution is 2.38. The van der Waals surface area contributed by atoms with E-state index in [1.807, 2.05) is 0 Å². The number of thiophene rings is 1. The van der Waals surface area contributed by atoms with Crippen LogP contribution in [0, 0.1) is 0 Å². The van der Waals surface area contributed by atoms with Crippen molar-refractivity contribution in [2.45, 2.75) is 25.7 Å². The summed E-state index contributed by atoms with van der Waals surface area (Å²) in [6.07, 6.45) is 3.97. The number of fused-ring (bicyclic) bond motifs is 1. The fourth-order valence-corrected chi connectivity index (χ4v) is 4.75. The maximum absolute atomic E-state index is 12.7. The van der Waals surface area contributed by atoms with Crippen LogP contribution in [0.15, 0.2) is 0 Å². The van der Waals surface area contributed by atoms with Crippen LogP contribution in [0.25, 0.3) is 0 Å². The van der Waals surface area contributed by atoms with Gasteiger partial charge in [-0.3, -0.25) is 19.3 Å². The number of carbonyl (C=O) groups excluding carboxylic acids is 3. The molecule has 0 saturated carbocycles. The Bertz CT molecular complexity index is 718. The summed E-state index contributed by atoms with van der Waals surface area (Å²) in [6, 6.07) is 0. The highest BCUT2D eigenvalue weighted by atomic mass is 32.1. The van der Waals surface area contributed by atoms with Gasteiger partial charge in [-0.2, -0.15) is 0 Å². The Hall–Kier alpha value is -1.97. The zero-order valence-electron chi connectivity index (χ0n) is 15.6. The van der Waals surface area contributed by atoms with Gasteiger partial charge in [-0.15, -0.1) is 11.3 Å². The van der Waals surface area contributed by atoms with Crippen molar-refractivity contribution in [3.8, 4) is 0 Å². The van der Waals surface area contributed by atoms with E-state index < -0.39 is 0 Å². The van der Waals surface area contributed by atoms with Crippen molar-refractivity contribution in [2.24, 2.45) is 0 Å². The normalized spacial score (nSPS) is 17.1. The van der Waals surface area contributed by atoms with Crippen molar-refractivity contribution in [2.75, 3.05) is 51.8 Å². The molecule has 3 N–H and O–H groups in total. The molecule has 0 unspecified atom stereocenters. The zero-order chi connectivity index (χ0) is 19.2. The Kier molecular flexibility index (Phi) is 6.81. The summed E-state index contributed by atoms with van der Waals surface area (Å²) >= 11 is 1.50. The van der Waals surface area contributed by atoms with E-state index in [9.17, 15) is 14.4 Å². The van der Waals surface area contributed by atoms with E-state index in [0.29, 0.717) is 36.8 Å². The molecule has 1 aliphatic carbocycles. The first kappa shape index (κ1) is 19.8. The summed E-state index contributed by atoms with van der Waals surface area (Å²) in [5.41, 5.74) is 1.66. The molecule has 0 radical (unpaired) electrons. The summed E-state index contributed by atoms with van der Waals surface area (Å²) in [7, 11) is 1.59. The highest BCUT2D eigenvalue weighted by Gasteiger charge is 2.27. The first-order valence-electron chi connectivity index (χ1n) is 9.29. The maximum atomic E-state index is 12.7. The molecular weight excluding hydrogens is 368 g/mol. The second-order valence-corrected chi connectivity index (χ2v) is 7.88. The number of nitrogens with zero attached hydrogens (tertiary/aromatic N) is 1. The number of amides is 3. The molecule has 1 fully saturated rings. The molecule has 1 aromatic rings. The SMILES string of the molecule is COCCNC(=O)c1c(NC(=O)CN2CCNC(=O)C2)sc2c1CCCC2. The average molecular weight is 394 g/mol. The standard InChI is InChI=1S/C18H26N4O4S/c1-26-9-7-20-17(25)16-12-4-2-3-5-13(12)27-18(16)21-15(24)11-22-8-6-19-14(23)10-22/h2-11H2,1H3,(H,19,23)(H,20,25)(H,21,24). The first-order valence-corrected chi connectivity index (χ1v) is 10.1. The van der Waals surface area contributed by atoms with Gasteiger partial charge >= 0.3 is 0 Å². The third kappa shape index (κ3) is 5.06. The average Bonchev–Trinajstić information content (AvgIpc) is 2.99. The maximum Gasteiger partial charge on any atom is 0.254 e. The number of carbonyl (C=O) groups is 3. The van der Waals surface area contributed by atoms with Crippen molar-refractivity contribution in [3.63, 3.8) is 0 Å². The molecule has 8 nitrogen and oxygen atoms in total. The van der Waals surface area contributed by atoms with Gasteiger partial charge < -0.3 is 20.7 Å². The lowest BCUT2D eigenvalue weighted by Gasteiger charge is -2.25. The quantitative estimate of drug-likeness (QED) is 0.581. The Balaban J connectivity index is 1.71. The van der Waals surface area contributed by atoms with Crippen LogP contribution in [0.1, 0.15) is 33.6 Å². The summed E-state index contributed by atoms with van der Waals surface area (Å²) in [4.78, 5) is 39.7. The number of nitrogens with one attached hydrogen (secondary N) is 3. The van der Waals surface area contributed by atoms with Crippen LogP contribution in [-0.2, 0) is 27.2 Å². The number of aryl methyl sites for hydroxylation is 1. The van der Waals surface area contributed by atoms with Gasteiger partial charge in [0.2, 0.25) is 11.8 Å². The molecule has 0 bridgehead atoms. The number of ether oxygens (including phenoxy) is 1. The molecule has 3 rings (SSSR count). The van der Waals surface area contributed by atoms with Crippen LogP contribution in [0.5, 0.6) is 0 Å². The molecule has 27 heavy (non-hydrogen) atoms. The predicted octanol–water partition coefficient (Wildman–Crippen LogP) is 0.373. The lowest BCUT2D eigenvalue weighted by atomic mass is 9.95. The minimum atomic E-state index is -0.200. The van der Waals surface area contributed by atoms with E-state index in [-0.39, 0.29) is 30.8 Å². The molecule has 0 spiro atoms. The molecule has 3 amide bonds. The van der Waals surface area contributed by atoms with Gasteiger partial charge in [0.15, 0.2) is 0 Å². The second-order valence-electron chi connectivity index (χ2n) is 6.77. The molecule has 1 aliphatic heterocycles. The number of methoxy groups -OCH3 is 1. The van der Waals surface area contributed by atoms with Crippen LogP contribution in [0.4, 0.5) is 5.00 Å². The van der Waals surface area contributed by atoms with Gasteiger partial charge in [-0.1, -0.05) is 0 Å². The predicted molar refractivity (Wildman–Crippen MR) is 103 cm³/mol. The number of hydrogen-bond donors (Lipinski definition) is 3. The molecule has 1 saturated heterocycles. The van der Waals surface area contributed by atoms with Crippen molar-refractivity contribution in [1.29, 1.82) is 0 Å². The Morgan fingerprint density at radius 1 is 1.30 bits per heavy atom. The number of anilines is 1. The minimum absolute atomic E-state index is 0.0705. The van der Waals surface area contributed by atoms with Gasteiger partial charge in [0.05, 0.1) is 25.3 Å².